The largest absolute Gasteiger partial charge is 0.353 e. The molecule has 0 bridgehead atoms. The van der Waals surface area contributed by atoms with E-state index in [0.717, 1.165) is 43.5 Å². The Morgan fingerprint density at radius 1 is 1.41 bits per heavy atom. The molecule has 4 nitrogen and oxygen atoms in total. The van der Waals surface area contributed by atoms with E-state index in [4.69, 9.17) is 0 Å². The molecule has 0 spiro atoms. The van der Waals surface area contributed by atoms with Crippen molar-refractivity contribution in [2.45, 2.75) is 45.1 Å². The number of rotatable bonds is 5. The summed E-state index contributed by atoms with van der Waals surface area (Å²) in [7, 11) is 0. The number of benzene rings is 1. The Hall–Kier alpha value is -2.10. The Morgan fingerprint density at radius 3 is 3.05 bits per heavy atom. The number of nitrogens with one attached hydrogen (secondary N) is 2. The lowest BCUT2D eigenvalue weighted by Crippen LogP contribution is -2.39. The van der Waals surface area contributed by atoms with Crippen molar-refractivity contribution in [3.05, 3.63) is 53.6 Å². The number of carbonyl (C=O) groups excluding carboxylic acids is 1. The molecule has 0 radical (unpaired) electrons. The Kier molecular flexibility index (Phi) is 4.56. The highest BCUT2D eigenvalue weighted by atomic mass is 16.1. The number of fused-ring (bicyclic) bond motifs is 1. The number of H-pyrrole nitrogens is 1. The molecule has 2 unspecified atom stereocenters. The average Bonchev–Trinajstić information content (AvgIpc) is 3.01. The second-order valence-corrected chi connectivity index (χ2v) is 6.20. The number of aromatic amines is 1. The first-order valence-electron chi connectivity index (χ1n) is 8.08. The van der Waals surface area contributed by atoms with Gasteiger partial charge in [0.2, 0.25) is 5.91 Å². The van der Waals surface area contributed by atoms with Gasteiger partial charge in [0, 0.05) is 24.1 Å². The first-order valence-corrected chi connectivity index (χ1v) is 8.08. The highest BCUT2D eigenvalue weighted by Gasteiger charge is 2.26. The summed E-state index contributed by atoms with van der Waals surface area (Å²) < 4.78 is 0. The van der Waals surface area contributed by atoms with Crippen molar-refractivity contribution in [1.82, 2.24) is 15.3 Å². The summed E-state index contributed by atoms with van der Waals surface area (Å²) in [6.07, 6.45) is 6.28. The van der Waals surface area contributed by atoms with Crippen LogP contribution in [0, 0.1) is 5.92 Å². The van der Waals surface area contributed by atoms with Crippen LogP contribution in [0.3, 0.4) is 0 Å². The molecule has 1 aromatic heterocycles. The first kappa shape index (κ1) is 14.8. The van der Waals surface area contributed by atoms with Gasteiger partial charge in [0.05, 0.1) is 12.0 Å². The minimum absolute atomic E-state index is 0.0760. The van der Waals surface area contributed by atoms with Crippen molar-refractivity contribution in [2.75, 3.05) is 0 Å². The van der Waals surface area contributed by atoms with Gasteiger partial charge in [0.15, 0.2) is 0 Å². The third-order valence-electron chi connectivity index (χ3n) is 4.46. The molecule has 0 saturated carbocycles. The zero-order valence-corrected chi connectivity index (χ0v) is 13.0. The zero-order chi connectivity index (χ0) is 15.4. The van der Waals surface area contributed by atoms with E-state index in [0.29, 0.717) is 0 Å². The van der Waals surface area contributed by atoms with Gasteiger partial charge in [-0.15, -0.1) is 0 Å². The highest BCUT2D eigenvalue weighted by Crippen LogP contribution is 2.23. The molecule has 2 aromatic rings. The van der Waals surface area contributed by atoms with Crippen molar-refractivity contribution < 1.29 is 4.79 Å². The molecule has 1 aromatic carbocycles. The van der Waals surface area contributed by atoms with E-state index in [1.165, 1.54) is 5.56 Å². The second-order valence-electron chi connectivity index (χ2n) is 6.20. The molecular weight excluding hydrogens is 274 g/mol. The van der Waals surface area contributed by atoms with Crippen molar-refractivity contribution in [3.8, 4) is 0 Å². The number of carbonyl (C=O) groups is 1. The third kappa shape index (κ3) is 3.56. The predicted octanol–water partition coefficient (Wildman–Crippen LogP) is 2.65. The van der Waals surface area contributed by atoms with Crippen LogP contribution in [0.1, 0.15) is 36.7 Å². The van der Waals surface area contributed by atoms with Crippen LogP contribution >= 0.6 is 0 Å². The Balaban J connectivity index is 1.47. The predicted molar refractivity (Wildman–Crippen MR) is 86.5 cm³/mol. The zero-order valence-electron chi connectivity index (χ0n) is 13.0. The van der Waals surface area contributed by atoms with Crippen LogP contribution in [0.5, 0.6) is 0 Å². The summed E-state index contributed by atoms with van der Waals surface area (Å²) >= 11 is 0. The van der Waals surface area contributed by atoms with Gasteiger partial charge >= 0.3 is 0 Å². The molecule has 1 aliphatic rings. The van der Waals surface area contributed by atoms with E-state index >= 15 is 0 Å². The third-order valence-corrected chi connectivity index (χ3v) is 4.46. The summed E-state index contributed by atoms with van der Waals surface area (Å²) in [5, 5.41) is 3.17. The van der Waals surface area contributed by atoms with Gasteiger partial charge < -0.3 is 10.3 Å². The minimum Gasteiger partial charge on any atom is -0.353 e. The lowest BCUT2D eigenvalue weighted by Gasteiger charge is -2.23. The Morgan fingerprint density at radius 2 is 2.23 bits per heavy atom. The van der Waals surface area contributed by atoms with Crippen LogP contribution < -0.4 is 5.32 Å². The molecule has 4 heteroatoms. The standard InChI is InChI=1S/C18H23N3O/c1-13(7-8-14-5-3-2-4-6-14)21-18(22)15-9-10-16-17(11-15)20-12-19-16/h2-6,12-13,15H,7-11H2,1H3,(H,19,20)(H,21,22). The van der Waals surface area contributed by atoms with Gasteiger partial charge in [0.1, 0.15) is 0 Å². The maximum absolute atomic E-state index is 12.4. The molecule has 2 N–H and O–H groups in total. The number of amides is 1. The average molecular weight is 297 g/mol. The van der Waals surface area contributed by atoms with Crippen LogP contribution in [0.15, 0.2) is 36.7 Å². The SMILES string of the molecule is CC(CCc1ccccc1)NC(=O)C1CCc2nc[nH]c2C1. The molecule has 2 atom stereocenters. The molecule has 116 valence electrons. The quantitative estimate of drug-likeness (QED) is 0.891. The Labute approximate surface area is 131 Å². The van der Waals surface area contributed by atoms with Crippen LogP contribution in [0.2, 0.25) is 0 Å². The molecular formula is C18H23N3O. The van der Waals surface area contributed by atoms with Gasteiger partial charge in [-0.1, -0.05) is 30.3 Å². The van der Waals surface area contributed by atoms with Crippen molar-refractivity contribution >= 4 is 5.91 Å². The molecule has 0 aliphatic heterocycles. The van der Waals surface area contributed by atoms with Crippen LogP contribution in [0.4, 0.5) is 0 Å². The Bertz CT molecular complexity index is 620. The number of aromatic nitrogens is 2. The van der Waals surface area contributed by atoms with Crippen molar-refractivity contribution in [1.29, 1.82) is 0 Å². The van der Waals surface area contributed by atoms with E-state index in [-0.39, 0.29) is 17.9 Å². The summed E-state index contributed by atoms with van der Waals surface area (Å²) in [6.45, 7) is 2.09. The van der Waals surface area contributed by atoms with Gasteiger partial charge in [-0.3, -0.25) is 4.79 Å². The summed E-state index contributed by atoms with van der Waals surface area (Å²) in [5.74, 6) is 0.257. The van der Waals surface area contributed by atoms with Crippen molar-refractivity contribution in [3.63, 3.8) is 0 Å². The highest BCUT2D eigenvalue weighted by molar-refractivity contribution is 5.79. The molecule has 1 amide bonds. The number of imidazole rings is 1. The van der Waals surface area contributed by atoms with E-state index in [2.05, 4.69) is 46.5 Å². The van der Waals surface area contributed by atoms with Crippen LogP contribution in [-0.4, -0.2) is 21.9 Å². The van der Waals surface area contributed by atoms with Gasteiger partial charge in [0.25, 0.3) is 0 Å². The van der Waals surface area contributed by atoms with Gasteiger partial charge in [-0.2, -0.15) is 0 Å². The maximum Gasteiger partial charge on any atom is 0.223 e. The lowest BCUT2D eigenvalue weighted by molar-refractivity contribution is -0.126. The maximum atomic E-state index is 12.4. The van der Waals surface area contributed by atoms with Gasteiger partial charge in [-0.25, -0.2) is 4.98 Å². The molecule has 3 rings (SSSR count). The molecule has 1 aliphatic carbocycles. The number of nitrogens with zero attached hydrogens (tertiary/aromatic N) is 1. The van der Waals surface area contributed by atoms with Crippen LogP contribution in [-0.2, 0) is 24.1 Å². The van der Waals surface area contributed by atoms with Crippen LogP contribution in [0.25, 0.3) is 0 Å². The molecule has 22 heavy (non-hydrogen) atoms. The monoisotopic (exact) mass is 297 g/mol. The van der Waals surface area contributed by atoms with E-state index in [1.807, 2.05) is 6.07 Å². The molecule has 0 fully saturated rings. The first-order chi connectivity index (χ1) is 10.7. The smallest absolute Gasteiger partial charge is 0.223 e. The fraction of sp³-hybridized carbons (Fsp3) is 0.444. The van der Waals surface area contributed by atoms with E-state index in [9.17, 15) is 4.79 Å². The fourth-order valence-corrected chi connectivity index (χ4v) is 3.09. The van der Waals surface area contributed by atoms with E-state index in [1.54, 1.807) is 6.33 Å². The lowest BCUT2D eigenvalue weighted by atomic mass is 9.89. The minimum atomic E-state index is 0.0760. The summed E-state index contributed by atoms with van der Waals surface area (Å²) in [4.78, 5) is 19.8. The topological polar surface area (TPSA) is 57.8 Å². The summed E-state index contributed by atoms with van der Waals surface area (Å²) in [5.41, 5.74) is 3.58. The summed E-state index contributed by atoms with van der Waals surface area (Å²) in [6, 6.07) is 10.6. The van der Waals surface area contributed by atoms with E-state index < -0.39 is 0 Å². The number of hydrogen-bond acceptors (Lipinski definition) is 2. The number of aryl methyl sites for hydroxylation is 2. The van der Waals surface area contributed by atoms with Gasteiger partial charge in [-0.05, 0) is 38.2 Å². The molecule has 1 heterocycles. The molecule has 0 saturated heterocycles. The normalized spacial score (nSPS) is 18.5. The second kappa shape index (κ2) is 6.77. The number of hydrogen-bond donors (Lipinski definition) is 2. The fourth-order valence-electron chi connectivity index (χ4n) is 3.09. The van der Waals surface area contributed by atoms with Crippen molar-refractivity contribution in [2.24, 2.45) is 5.92 Å².